The van der Waals surface area contributed by atoms with Crippen molar-refractivity contribution in [2.24, 2.45) is 0 Å². The molecule has 0 aliphatic heterocycles. The molecule has 0 amide bonds. The van der Waals surface area contributed by atoms with E-state index >= 15 is 0 Å². The van der Waals surface area contributed by atoms with Crippen LogP contribution >= 0.6 is 0 Å². The van der Waals surface area contributed by atoms with Crippen molar-refractivity contribution in [3.05, 3.63) is 12.2 Å². The number of methoxy groups -OCH3 is 1. The quantitative estimate of drug-likeness (QED) is 0.354. The Morgan fingerprint density at radius 1 is 1.25 bits per heavy atom. The van der Waals surface area contributed by atoms with E-state index in [1.54, 1.807) is 0 Å². The summed E-state index contributed by atoms with van der Waals surface area (Å²) in [6, 6.07) is 0. The van der Waals surface area contributed by atoms with Gasteiger partial charge in [0.25, 0.3) is 0 Å². The summed E-state index contributed by atoms with van der Waals surface area (Å²) in [5.74, 6) is -1.07. The molecule has 5 heteroatoms. The first-order valence-corrected chi connectivity index (χ1v) is 5.11. The number of hydrogen-bond donors (Lipinski definition) is 0. The summed E-state index contributed by atoms with van der Waals surface area (Å²) in [6.45, 7) is 6.80. The SMILES string of the molecule is C=C(CC(=O)OC)C(=O)OCCCOCC. The first-order valence-electron chi connectivity index (χ1n) is 5.11. The fourth-order valence-corrected chi connectivity index (χ4v) is 0.891. The van der Waals surface area contributed by atoms with Crippen molar-refractivity contribution in [3.63, 3.8) is 0 Å². The van der Waals surface area contributed by atoms with E-state index in [2.05, 4.69) is 11.3 Å². The molecule has 0 fully saturated rings. The predicted octanol–water partition coefficient (Wildman–Crippen LogP) is 1.08. The number of esters is 2. The molecular formula is C11H18O5. The normalized spacial score (nSPS) is 9.62. The van der Waals surface area contributed by atoms with Crippen LogP contribution in [-0.4, -0.2) is 38.9 Å². The average molecular weight is 230 g/mol. The van der Waals surface area contributed by atoms with E-state index < -0.39 is 11.9 Å². The van der Waals surface area contributed by atoms with Gasteiger partial charge in [-0.3, -0.25) is 4.79 Å². The second-order valence-corrected chi connectivity index (χ2v) is 3.04. The van der Waals surface area contributed by atoms with Crippen molar-refractivity contribution in [1.29, 1.82) is 0 Å². The van der Waals surface area contributed by atoms with Gasteiger partial charge in [-0.05, 0) is 6.92 Å². The number of carbonyl (C=O) groups excluding carboxylic acids is 2. The van der Waals surface area contributed by atoms with E-state index in [4.69, 9.17) is 9.47 Å². The van der Waals surface area contributed by atoms with Gasteiger partial charge in [0.05, 0.1) is 20.1 Å². The largest absolute Gasteiger partial charge is 0.469 e. The average Bonchev–Trinajstić information content (AvgIpc) is 2.28. The van der Waals surface area contributed by atoms with Gasteiger partial charge < -0.3 is 14.2 Å². The fraction of sp³-hybridized carbons (Fsp3) is 0.636. The molecule has 0 spiro atoms. The van der Waals surface area contributed by atoms with Crippen LogP contribution < -0.4 is 0 Å². The first kappa shape index (κ1) is 14.6. The summed E-state index contributed by atoms with van der Waals surface area (Å²) in [4.78, 5) is 22.1. The van der Waals surface area contributed by atoms with Crippen LogP contribution in [0.4, 0.5) is 0 Å². The first-order chi connectivity index (χ1) is 7.61. The van der Waals surface area contributed by atoms with Crippen LogP contribution in [0.3, 0.4) is 0 Å². The molecule has 0 saturated heterocycles. The Hall–Kier alpha value is -1.36. The number of rotatable bonds is 8. The lowest BCUT2D eigenvalue weighted by Crippen LogP contribution is -2.13. The standard InChI is InChI=1S/C11H18O5/c1-4-15-6-5-7-16-11(13)9(2)8-10(12)14-3/h2,4-8H2,1,3H3. The number of carbonyl (C=O) groups is 2. The highest BCUT2D eigenvalue weighted by Gasteiger charge is 2.12. The summed E-state index contributed by atoms with van der Waals surface area (Å²) >= 11 is 0. The minimum absolute atomic E-state index is 0.100. The summed E-state index contributed by atoms with van der Waals surface area (Å²) in [5, 5.41) is 0. The van der Waals surface area contributed by atoms with Gasteiger partial charge in [-0.15, -0.1) is 0 Å². The second kappa shape index (κ2) is 8.91. The molecule has 92 valence electrons. The smallest absolute Gasteiger partial charge is 0.333 e. The zero-order chi connectivity index (χ0) is 12.4. The maximum absolute atomic E-state index is 11.3. The van der Waals surface area contributed by atoms with E-state index in [0.717, 1.165) is 0 Å². The molecule has 0 rings (SSSR count). The Morgan fingerprint density at radius 3 is 2.50 bits per heavy atom. The fourth-order valence-electron chi connectivity index (χ4n) is 0.891. The van der Waals surface area contributed by atoms with Crippen LogP contribution in [0.1, 0.15) is 19.8 Å². The topological polar surface area (TPSA) is 61.8 Å². The number of hydrogen-bond acceptors (Lipinski definition) is 5. The van der Waals surface area contributed by atoms with E-state index in [1.807, 2.05) is 6.92 Å². The Kier molecular flexibility index (Phi) is 8.15. The summed E-state index contributed by atoms with van der Waals surface area (Å²) in [6.07, 6.45) is 0.492. The molecule has 0 aromatic heterocycles. The highest BCUT2D eigenvalue weighted by molar-refractivity contribution is 5.93. The van der Waals surface area contributed by atoms with Crippen molar-refractivity contribution in [3.8, 4) is 0 Å². The van der Waals surface area contributed by atoms with Gasteiger partial charge >= 0.3 is 11.9 Å². The highest BCUT2D eigenvalue weighted by atomic mass is 16.5. The molecular weight excluding hydrogens is 212 g/mol. The summed E-state index contributed by atoms with van der Waals surface area (Å²) in [7, 11) is 1.25. The van der Waals surface area contributed by atoms with Crippen molar-refractivity contribution < 1.29 is 23.8 Å². The van der Waals surface area contributed by atoms with Gasteiger partial charge in [-0.2, -0.15) is 0 Å². The molecule has 0 unspecified atom stereocenters. The Labute approximate surface area is 95.4 Å². The third-order valence-corrected chi connectivity index (χ3v) is 1.74. The van der Waals surface area contributed by atoms with Crippen LogP contribution in [0.5, 0.6) is 0 Å². The lowest BCUT2D eigenvalue weighted by atomic mass is 10.2. The molecule has 0 saturated carbocycles. The predicted molar refractivity (Wildman–Crippen MR) is 57.8 cm³/mol. The Bertz CT molecular complexity index is 247. The van der Waals surface area contributed by atoms with Gasteiger partial charge in [-0.25, -0.2) is 4.79 Å². The van der Waals surface area contributed by atoms with E-state index in [1.165, 1.54) is 7.11 Å². The molecule has 16 heavy (non-hydrogen) atoms. The molecule has 0 aromatic rings. The second-order valence-electron chi connectivity index (χ2n) is 3.04. The van der Waals surface area contributed by atoms with Crippen LogP contribution in [0.15, 0.2) is 12.2 Å². The minimum Gasteiger partial charge on any atom is -0.469 e. The van der Waals surface area contributed by atoms with Crippen molar-refractivity contribution in [2.75, 3.05) is 26.9 Å². The third kappa shape index (κ3) is 7.00. The van der Waals surface area contributed by atoms with Crippen LogP contribution in [0.2, 0.25) is 0 Å². The lowest BCUT2D eigenvalue weighted by molar-refractivity contribution is -0.144. The lowest BCUT2D eigenvalue weighted by Gasteiger charge is -2.06. The van der Waals surface area contributed by atoms with Crippen LogP contribution in [0.25, 0.3) is 0 Å². The number of ether oxygens (including phenoxy) is 3. The van der Waals surface area contributed by atoms with Crippen LogP contribution in [0, 0.1) is 0 Å². The summed E-state index contributed by atoms with van der Waals surface area (Å²) < 4.78 is 14.3. The molecule has 0 N–H and O–H groups in total. The summed E-state index contributed by atoms with van der Waals surface area (Å²) in [5.41, 5.74) is 0.100. The zero-order valence-corrected chi connectivity index (χ0v) is 9.78. The molecule has 0 bridgehead atoms. The van der Waals surface area contributed by atoms with Crippen molar-refractivity contribution in [2.45, 2.75) is 19.8 Å². The van der Waals surface area contributed by atoms with Crippen molar-refractivity contribution >= 4 is 11.9 Å². The van der Waals surface area contributed by atoms with Crippen LogP contribution in [-0.2, 0) is 23.8 Å². The Morgan fingerprint density at radius 2 is 1.94 bits per heavy atom. The van der Waals surface area contributed by atoms with Crippen molar-refractivity contribution in [1.82, 2.24) is 0 Å². The van der Waals surface area contributed by atoms with Gasteiger partial charge in [0.2, 0.25) is 0 Å². The molecule has 0 heterocycles. The van der Waals surface area contributed by atoms with E-state index in [0.29, 0.717) is 19.6 Å². The van der Waals surface area contributed by atoms with E-state index in [9.17, 15) is 9.59 Å². The minimum atomic E-state index is -0.568. The van der Waals surface area contributed by atoms with E-state index in [-0.39, 0.29) is 18.6 Å². The Balaban J connectivity index is 3.63. The maximum atomic E-state index is 11.3. The molecule has 0 aliphatic rings. The molecule has 0 atom stereocenters. The molecule has 5 nitrogen and oxygen atoms in total. The zero-order valence-electron chi connectivity index (χ0n) is 9.78. The molecule has 0 aliphatic carbocycles. The monoisotopic (exact) mass is 230 g/mol. The molecule has 0 radical (unpaired) electrons. The van der Waals surface area contributed by atoms with Gasteiger partial charge in [-0.1, -0.05) is 6.58 Å². The highest BCUT2D eigenvalue weighted by Crippen LogP contribution is 2.02. The van der Waals surface area contributed by atoms with Gasteiger partial charge in [0.15, 0.2) is 0 Å². The maximum Gasteiger partial charge on any atom is 0.333 e. The van der Waals surface area contributed by atoms with Gasteiger partial charge in [0.1, 0.15) is 0 Å². The third-order valence-electron chi connectivity index (χ3n) is 1.74. The van der Waals surface area contributed by atoms with Gasteiger partial charge in [0, 0.05) is 25.2 Å². The molecule has 0 aromatic carbocycles.